The van der Waals surface area contributed by atoms with Crippen LogP contribution in [0.1, 0.15) is 15.9 Å². The number of H-pyrrole nitrogens is 1. The number of Topliss-reactive ketones (excluding diaryl/α,β-unsaturated/α-hetero) is 1. The standard InChI is InChI=1S/C17H14N2O3S.BrH/c1-10-2-4-12-13(6-10)19-17(18-12)23-8-14(20)11-3-5-15-16(7-11)22-9-21-15;/h2-7H,8-9H2,1H3,(H,18,19);1H. The van der Waals surface area contributed by atoms with Gasteiger partial charge in [0, 0.05) is 5.56 Å². The van der Waals surface area contributed by atoms with Crippen LogP contribution >= 0.6 is 28.7 Å². The van der Waals surface area contributed by atoms with Crippen LogP contribution in [0.15, 0.2) is 41.6 Å². The zero-order chi connectivity index (χ0) is 15.8. The molecule has 0 amide bonds. The van der Waals surface area contributed by atoms with Gasteiger partial charge in [-0.1, -0.05) is 17.8 Å². The minimum absolute atomic E-state index is 0. The van der Waals surface area contributed by atoms with Gasteiger partial charge in [0.15, 0.2) is 22.4 Å². The van der Waals surface area contributed by atoms with Crippen molar-refractivity contribution in [1.29, 1.82) is 0 Å². The van der Waals surface area contributed by atoms with E-state index in [1.807, 2.05) is 25.1 Å². The van der Waals surface area contributed by atoms with Gasteiger partial charge in [-0.25, -0.2) is 4.98 Å². The second-order valence-electron chi connectivity index (χ2n) is 5.34. The molecule has 1 N–H and O–H groups in total. The Morgan fingerprint density at radius 1 is 1.21 bits per heavy atom. The molecule has 5 nitrogen and oxygen atoms in total. The Morgan fingerprint density at radius 2 is 2.04 bits per heavy atom. The summed E-state index contributed by atoms with van der Waals surface area (Å²) in [6.07, 6.45) is 0. The molecule has 2 aromatic carbocycles. The molecular formula is C17H15BrN2O3S. The van der Waals surface area contributed by atoms with Crippen LogP contribution in [0.4, 0.5) is 0 Å². The number of imidazole rings is 1. The van der Waals surface area contributed by atoms with Crippen molar-refractivity contribution in [2.24, 2.45) is 0 Å². The summed E-state index contributed by atoms with van der Waals surface area (Å²) in [6, 6.07) is 11.3. The topological polar surface area (TPSA) is 64.2 Å². The molecule has 0 saturated carbocycles. The predicted molar refractivity (Wildman–Crippen MR) is 98.8 cm³/mol. The van der Waals surface area contributed by atoms with Gasteiger partial charge >= 0.3 is 0 Å². The fourth-order valence-corrected chi connectivity index (χ4v) is 3.24. The van der Waals surface area contributed by atoms with E-state index in [0.717, 1.165) is 16.2 Å². The van der Waals surface area contributed by atoms with Crippen molar-refractivity contribution >= 4 is 45.6 Å². The molecule has 0 fully saturated rings. The number of ether oxygens (including phenoxy) is 2. The van der Waals surface area contributed by atoms with Gasteiger partial charge in [-0.05, 0) is 42.8 Å². The predicted octanol–water partition coefficient (Wildman–Crippen LogP) is 4.15. The van der Waals surface area contributed by atoms with Gasteiger partial charge in [-0.15, -0.1) is 17.0 Å². The van der Waals surface area contributed by atoms with E-state index in [0.29, 0.717) is 22.8 Å². The van der Waals surface area contributed by atoms with Crippen molar-refractivity contribution in [1.82, 2.24) is 9.97 Å². The lowest BCUT2D eigenvalue weighted by Crippen LogP contribution is -2.02. The fourth-order valence-electron chi connectivity index (χ4n) is 2.46. The largest absolute Gasteiger partial charge is 0.454 e. The Morgan fingerprint density at radius 3 is 2.92 bits per heavy atom. The second kappa shape index (κ2) is 6.86. The van der Waals surface area contributed by atoms with Crippen LogP contribution in [0.25, 0.3) is 11.0 Å². The number of rotatable bonds is 4. The van der Waals surface area contributed by atoms with Gasteiger partial charge in [0.1, 0.15) is 0 Å². The first-order chi connectivity index (χ1) is 11.2. The van der Waals surface area contributed by atoms with Crippen LogP contribution in [0.5, 0.6) is 11.5 Å². The molecule has 0 unspecified atom stereocenters. The molecule has 1 aliphatic heterocycles. The summed E-state index contributed by atoms with van der Waals surface area (Å²) >= 11 is 1.40. The number of aryl methyl sites for hydroxylation is 1. The van der Waals surface area contributed by atoms with E-state index >= 15 is 0 Å². The first-order valence-corrected chi connectivity index (χ1v) is 8.19. The molecule has 24 heavy (non-hydrogen) atoms. The summed E-state index contributed by atoms with van der Waals surface area (Å²) < 4.78 is 10.6. The Labute approximate surface area is 153 Å². The van der Waals surface area contributed by atoms with Gasteiger partial charge < -0.3 is 14.5 Å². The lowest BCUT2D eigenvalue weighted by molar-refractivity contribution is 0.102. The number of fused-ring (bicyclic) bond motifs is 2. The Balaban J connectivity index is 0.00000169. The van der Waals surface area contributed by atoms with Gasteiger partial charge in [0.05, 0.1) is 16.8 Å². The average Bonchev–Trinajstić information content (AvgIpc) is 3.17. The Kier molecular flexibility index (Phi) is 4.82. The van der Waals surface area contributed by atoms with Crippen LogP contribution < -0.4 is 9.47 Å². The van der Waals surface area contributed by atoms with E-state index in [9.17, 15) is 4.79 Å². The maximum absolute atomic E-state index is 12.3. The minimum atomic E-state index is 0. The lowest BCUT2D eigenvalue weighted by Gasteiger charge is -2.01. The highest BCUT2D eigenvalue weighted by Crippen LogP contribution is 2.33. The van der Waals surface area contributed by atoms with Gasteiger partial charge in [-0.2, -0.15) is 0 Å². The summed E-state index contributed by atoms with van der Waals surface area (Å²) in [5, 5.41) is 0.750. The number of hydrogen-bond acceptors (Lipinski definition) is 5. The highest BCUT2D eigenvalue weighted by molar-refractivity contribution is 8.93. The lowest BCUT2D eigenvalue weighted by atomic mass is 10.1. The maximum Gasteiger partial charge on any atom is 0.231 e. The van der Waals surface area contributed by atoms with Crippen molar-refractivity contribution in [2.75, 3.05) is 12.5 Å². The molecule has 0 spiro atoms. The fraction of sp³-hybridized carbons (Fsp3) is 0.176. The first kappa shape index (κ1) is 16.9. The van der Waals surface area contributed by atoms with E-state index < -0.39 is 0 Å². The third kappa shape index (κ3) is 3.27. The SMILES string of the molecule is Br.Cc1ccc2nc(SCC(=O)c3ccc4c(c3)OCO4)[nH]c2c1. The molecule has 2 heterocycles. The number of carbonyl (C=O) groups is 1. The molecule has 0 bridgehead atoms. The number of benzene rings is 2. The Bertz CT molecular complexity index is 910. The molecule has 0 atom stereocenters. The first-order valence-electron chi connectivity index (χ1n) is 7.21. The number of aromatic nitrogens is 2. The van der Waals surface area contributed by atoms with Crippen LogP contribution in [-0.2, 0) is 0 Å². The monoisotopic (exact) mass is 406 g/mol. The summed E-state index contributed by atoms with van der Waals surface area (Å²) in [5.74, 6) is 1.66. The van der Waals surface area contributed by atoms with E-state index in [1.165, 1.54) is 17.3 Å². The zero-order valence-corrected chi connectivity index (χ0v) is 15.4. The summed E-state index contributed by atoms with van der Waals surface area (Å²) in [7, 11) is 0. The number of carbonyl (C=O) groups excluding carboxylic acids is 1. The molecule has 3 aromatic rings. The van der Waals surface area contributed by atoms with E-state index in [1.54, 1.807) is 18.2 Å². The summed E-state index contributed by atoms with van der Waals surface area (Å²) in [4.78, 5) is 20.1. The number of nitrogens with zero attached hydrogens (tertiary/aromatic N) is 1. The van der Waals surface area contributed by atoms with Crippen LogP contribution in [0.2, 0.25) is 0 Å². The summed E-state index contributed by atoms with van der Waals surface area (Å²) in [6.45, 7) is 2.25. The molecule has 124 valence electrons. The van der Waals surface area contributed by atoms with Crippen molar-refractivity contribution in [3.8, 4) is 11.5 Å². The molecule has 0 radical (unpaired) electrons. The third-order valence-electron chi connectivity index (χ3n) is 3.65. The van der Waals surface area contributed by atoms with Crippen molar-refractivity contribution < 1.29 is 14.3 Å². The van der Waals surface area contributed by atoms with E-state index in [4.69, 9.17) is 9.47 Å². The molecule has 0 aliphatic carbocycles. The second-order valence-corrected chi connectivity index (χ2v) is 6.31. The minimum Gasteiger partial charge on any atom is -0.454 e. The van der Waals surface area contributed by atoms with E-state index in [2.05, 4.69) is 9.97 Å². The van der Waals surface area contributed by atoms with Crippen LogP contribution in [0.3, 0.4) is 0 Å². The molecule has 7 heteroatoms. The number of ketones is 1. The number of aromatic amines is 1. The quantitative estimate of drug-likeness (QED) is 0.520. The highest BCUT2D eigenvalue weighted by Gasteiger charge is 2.16. The number of halogens is 1. The van der Waals surface area contributed by atoms with Crippen molar-refractivity contribution in [3.05, 3.63) is 47.5 Å². The number of nitrogens with one attached hydrogen (secondary N) is 1. The van der Waals surface area contributed by atoms with Gasteiger partial charge in [0.2, 0.25) is 6.79 Å². The van der Waals surface area contributed by atoms with Crippen molar-refractivity contribution in [3.63, 3.8) is 0 Å². The van der Waals surface area contributed by atoms with E-state index in [-0.39, 0.29) is 29.6 Å². The van der Waals surface area contributed by atoms with Crippen molar-refractivity contribution in [2.45, 2.75) is 12.1 Å². The normalized spacial score (nSPS) is 12.2. The molecule has 1 aliphatic rings. The highest BCUT2D eigenvalue weighted by atomic mass is 79.9. The van der Waals surface area contributed by atoms with Gasteiger partial charge in [-0.3, -0.25) is 4.79 Å². The molecule has 1 aromatic heterocycles. The molecule has 4 rings (SSSR count). The molecule has 0 saturated heterocycles. The van der Waals surface area contributed by atoms with Crippen LogP contribution in [0, 0.1) is 6.92 Å². The average molecular weight is 407 g/mol. The maximum atomic E-state index is 12.3. The summed E-state index contributed by atoms with van der Waals surface area (Å²) in [5.41, 5.74) is 3.69. The molecular weight excluding hydrogens is 392 g/mol. The zero-order valence-electron chi connectivity index (χ0n) is 12.9. The number of hydrogen-bond donors (Lipinski definition) is 1. The van der Waals surface area contributed by atoms with Crippen LogP contribution in [-0.4, -0.2) is 28.3 Å². The Hall–Kier alpha value is -1.99. The smallest absolute Gasteiger partial charge is 0.231 e. The number of thioether (sulfide) groups is 1. The van der Waals surface area contributed by atoms with Gasteiger partial charge in [0.25, 0.3) is 0 Å². The third-order valence-corrected chi connectivity index (χ3v) is 4.52.